The van der Waals surface area contributed by atoms with Crippen molar-refractivity contribution in [2.75, 3.05) is 5.32 Å². The molecule has 1 aliphatic carbocycles. The van der Waals surface area contributed by atoms with Crippen LogP contribution in [-0.4, -0.2) is 30.5 Å². The summed E-state index contributed by atoms with van der Waals surface area (Å²) in [6.07, 6.45) is 6.77. The van der Waals surface area contributed by atoms with E-state index in [9.17, 15) is 9.18 Å². The molecule has 4 aromatic rings. The lowest BCUT2D eigenvalue weighted by Crippen LogP contribution is -2.15. The van der Waals surface area contributed by atoms with E-state index in [0.29, 0.717) is 22.8 Å². The van der Waals surface area contributed by atoms with Crippen LogP contribution >= 0.6 is 0 Å². The first kappa shape index (κ1) is 21.7. The first-order valence-electron chi connectivity index (χ1n) is 12.3. The van der Waals surface area contributed by atoms with E-state index in [2.05, 4.69) is 15.5 Å². The van der Waals surface area contributed by atoms with Gasteiger partial charge in [-0.2, -0.15) is 5.10 Å². The highest BCUT2D eigenvalue weighted by atomic mass is 19.1. The number of anilines is 1. The van der Waals surface area contributed by atoms with Crippen LogP contribution in [0.4, 0.5) is 10.1 Å². The van der Waals surface area contributed by atoms with Gasteiger partial charge in [0.1, 0.15) is 11.6 Å². The Hall–Kier alpha value is -3.81. The molecule has 0 atom stereocenters. The average Bonchev–Trinajstić information content (AvgIpc) is 3.53. The monoisotopic (exact) mass is 470 g/mol. The van der Waals surface area contributed by atoms with Crippen LogP contribution in [0.25, 0.3) is 17.1 Å². The van der Waals surface area contributed by atoms with Crippen molar-refractivity contribution in [3.05, 3.63) is 76.6 Å². The molecule has 3 heterocycles. The van der Waals surface area contributed by atoms with Crippen LogP contribution in [0.1, 0.15) is 58.8 Å². The third kappa shape index (κ3) is 3.83. The maximum absolute atomic E-state index is 14.9. The predicted molar refractivity (Wildman–Crippen MR) is 131 cm³/mol. The molecule has 1 N–H and O–H groups in total. The number of aromatic nitrogens is 5. The Kier molecular flexibility index (Phi) is 5.43. The number of amides is 1. The van der Waals surface area contributed by atoms with Crippen LogP contribution in [0.5, 0.6) is 0 Å². The number of halogens is 1. The molecule has 2 aromatic heterocycles. The largest absolute Gasteiger partial charge is 0.321 e. The Morgan fingerprint density at radius 3 is 2.77 bits per heavy atom. The molecular formula is C27H27FN6O. The number of aryl methyl sites for hydroxylation is 2. The molecule has 0 unspecified atom stereocenters. The van der Waals surface area contributed by atoms with E-state index in [-0.39, 0.29) is 11.7 Å². The van der Waals surface area contributed by atoms with E-state index in [0.717, 1.165) is 79.8 Å². The molecule has 0 spiro atoms. The zero-order valence-electron chi connectivity index (χ0n) is 19.7. The third-order valence-corrected chi connectivity index (χ3v) is 7.06. The van der Waals surface area contributed by atoms with Crippen molar-refractivity contribution >= 4 is 11.6 Å². The summed E-state index contributed by atoms with van der Waals surface area (Å²) < 4.78 is 18.8. The molecule has 0 saturated heterocycles. The molecule has 1 aliphatic heterocycles. The first-order chi connectivity index (χ1) is 17.1. The van der Waals surface area contributed by atoms with Crippen molar-refractivity contribution < 1.29 is 9.18 Å². The van der Waals surface area contributed by atoms with E-state index in [1.54, 1.807) is 12.1 Å². The lowest BCUT2D eigenvalue weighted by atomic mass is 10.1. The fourth-order valence-electron chi connectivity index (χ4n) is 5.27. The molecular weight excluding hydrogens is 443 g/mol. The molecule has 1 amide bonds. The second kappa shape index (κ2) is 8.76. The van der Waals surface area contributed by atoms with Crippen LogP contribution in [0.15, 0.2) is 42.5 Å². The third-order valence-electron chi connectivity index (χ3n) is 7.06. The van der Waals surface area contributed by atoms with E-state index in [4.69, 9.17) is 5.10 Å². The molecule has 0 radical (unpaired) electrons. The van der Waals surface area contributed by atoms with Gasteiger partial charge in [0.05, 0.1) is 11.3 Å². The number of carbonyl (C=O) groups excluding carboxylic acids is 1. The van der Waals surface area contributed by atoms with Gasteiger partial charge in [-0.25, -0.2) is 9.07 Å². The Morgan fingerprint density at radius 1 is 1.00 bits per heavy atom. The Labute approximate surface area is 203 Å². The van der Waals surface area contributed by atoms with Crippen LogP contribution in [0.3, 0.4) is 0 Å². The van der Waals surface area contributed by atoms with Crippen molar-refractivity contribution in [1.29, 1.82) is 0 Å². The van der Waals surface area contributed by atoms with Gasteiger partial charge in [0, 0.05) is 29.9 Å². The number of hydrogen-bond donors (Lipinski definition) is 1. The van der Waals surface area contributed by atoms with Crippen LogP contribution in [0, 0.1) is 12.7 Å². The van der Waals surface area contributed by atoms with Crippen molar-refractivity contribution in [2.45, 2.75) is 58.4 Å². The van der Waals surface area contributed by atoms with Gasteiger partial charge in [-0.15, -0.1) is 10.2 Å². The van der Waals surface area contributed by atoms with Gasteiger partial charge in [0.25, 0.3) is 5.91 Å². The SMILES string of the molecule is Cc1ccccc1-n1nc(C(=O)Nc2ccc(F)c(-c3nnc4n3CCCCC4)c2)c2c1CCC2. The quantitative estimate of drug-likeness (QED) is 0.453. The summed E-state index contributed by atoms with van der Waals surface area (Å²) in [5, 5.41) is 16.3. The van der Waals surface area contributed by atoms with Gasteiger partial charge < -0.3 is 9.88 Å². The lowest BCUT2D eigenvalue weighted by Gasteiger charge is -2.10. The highest BCUT2D eigenvalue weighted by Gasteiger charge is 2.28. The minimum atomic E-state index is -0.382. The number of benzene rings is 2. The van der Waals surface area contributed by atoms with Crippen molar-refractivity contribution in [1.82, 2.24) is 24.5 Å². The fourth-order valence-corrected chi connectivity index (χ4v) is 5.27. The molecule has 0 saturated carbocycles. The minimum absolute atomic E-state index is 0.284. The fraction of sp³-hybridized carbons (Fsp3) is 0.333. The normalized spacial score (nSPS) is 14.9. The first-order valence-corrected chi connectivity index (χ1v) is 12.3. The van der Waals surface area contributed by atoms with E-state index >= 15 is 0 Å². The lowest BCUT2D eigenvalue weighted by molar-refractivity contribution is 0.102. The summed E-state index contributed by atoms with van der Waals surface area (Å²) in [6.45, 7) is 2.82. The highest BCUT2D eigenvalue weighted by Crippen LogP contribution is 2.31. The van der Waals surface area contributed by atoms with Crippen LogP contribution in [-0.2, 0) is 25.8 Å². The Bertz CT molecular complexity index is 1440. The zero-order valence-corrected chi connectivity index (χ0v) is 19.7. The summed E-state index contributed by atoms with van der Waals surface area (Å²) in [5.41, 5.74) is 5.47. The number of para-hydroxylation sites is 1. The smallest absolute Gasteiger partial charge is 0.276 e. The standard InChI is InChI=1S/C27H27FN6O/c1-17-8-4-5-10-22(17)34-23-11-7-9-19(23)25(32-34)27(35)29-18-13-14-21(28)20(16-18)26-31-30-24-12-3-2-6-15-33(24)26/h4-5,8,10,13-14,16H,2-3,6-7,9,11-12,15H2,1H3,(H,29,35). The van der Waals surface area contributed by atoms with E-state index in [1.807, 2.05) is 40.4 Å². The van der Waals surface area contributed by atoms with E-state index < -0.39 is 0 Å². The van der Waals surface area contributed by atoms with Gasteiger partial charge in [-0.1, -0.05) is 24.6 Å². The van der Waals surface area contributed by atoms with Gasteiger partial charge in [0.2, 0.25) is 0 Å². The number of nitrogens with zero attached hydrogens (tertiary/aromatic N) is 5. The second-order valence-corrected chi connectivity index (χ2v) is 9.38. The number of nitrogens with one attached hydrogen (secondary N) is 1. The van der Waals surface area contributed by atoms with E-state index in [1.165, 1.54) is 6.07 Å². The maximum Gasteiger partial charge on any atom is 0.276 e. The highest BCUT2D eigenvalue weighted by molar-refractivity contribution is 6.04. The number of hydrogen-bond acceptors (Lipinski definition) is 4. The molecule has 0 bridgehead atoms. The molecule has 2 aliphatic rings. The topological polar surface area (TPSA) is 77.6 Å². The second-order valence-electron chi connectivity index (χ2n) is 9.38. The average molecular weight is 471 g/mol. The molecule has 2 aromatic carbocycles. The minimum Gasteiger partial charge on any atom is -0.321 e. The number of rotatable bonds is 4. The van der Waals surface area contributed by atoms with Crippen molar-refractivity contribution in [2.24, 2.45) is 0 Å². The van der Waals surface area contributed by atoms with Gasteiger partial charge in [0.15, 0.2) is 11.5 Å². The van der Waals surface area contributed by atoms with Crippen LogP contribution in [0.2, 0.25) is 0 Å². The number of fused-ring (bicyclic) bond motifs is 2. The predicted octanol–water partition coefficient (Wildman–Crippen LogP) is 5.05. The molecule has 178 valence electrons. The van der Waals surface area contributed by atoms with Gasteiger partial charge in [-0.3, -0.25) is 4.79 Å². The molecule has 7 nitrogen and oxygen atoms in total. The van der Waals surface area contributed by atoms with Crippen molar-refractivity contribution in [3.63, 3.8) is 0 Å². The molecule has 35 heavy (non-hydrogen) atoms. The molecule has 8 heteroatoms. The van der Waals surface area contributed by atoms with Gasteiger partial charge >= 0.3 is 0 Å². The summed E-state index contributed by atoms with van der Waals surface area (Å²) in [5.74, 6) is 0.740. The summed E-state index contributed by atoms with van der Waals surface area (Å²) >= 11 is 0. The van der Waals surface area contributed by atoms with Crippen molar-refractivity contribution in [3.8, 4) is 17.1 Å². The number of carbonyl (C=O) groups is 1. The summed E-state index contributed by atoms with van der Waals surface area (Å²) in [7, 11) is 0. The Balaban J connectivity index is 1.33. The Morgan fingerprint density at radius 2 is 1.89 bits per heavy atom. The van der Waals surface area contributed by atoms with Gasteiger partial charge in [-0.05, 0) is 68.9 Å². The summed E-state index contributed by atoms with van der Waals surface area (Å²) in [6, 6.07) is 12.6. The maximum atomic E-state index is 14.9. The summed E-state index contributed by atoms with van der Waals surface area (Å²) in [4.78, 5) is 13.4. The molecule has 0 fully saturated rings. The molecule has 6 rings (SSSR count). The zero-order chi connectivity index (χ0) is 23.9. The van der Waals surface area contributed by atoms with Crippen LogP contribution < -0.4 is 5.32 Å².